The second-order valence-corrected chi connectivity index (χ2v) is 5.95. The van der Waals surface area contributed by atoms with E-state index < -0.39 is 0 Å². The summed E-state index contributed by atoms with van der Waals surface area (Å²) in [5.74, 6) is 1.71. The van der Waals surface area contributed by atoms with Crippen molar-refractivity contribution in [2.45, 2.75) is 52.1 Å². The molecule has 2 aliphatic rings. The fourth-order valence-electron chi connectivity index (χ4n) is 3.06. The van der Waals surface area contributed by atoms with Gasteiger partial charge in [-0.25, -0.2) is 0 Å². The first-order valence-electron chi connectivity index (χ1n) is 6.56. The van der Waals surface area contributed by atoms with Crippen molar-refractivity contribution in [1.82, 2.24) is 10.2 Å². The Hall–Kier alpha value is -0.0800. The van der Waals surface area contributed by atoms with Crippen LogP contribution in [0.15, 0.2) is 0 Å². The summed E-state index contributed by atoms with van der Waals surface area (Å²) in [4.78, 5) is 2.68. The topological polar surface area (TPSA) is 15.3 Å². The van der Waals surface area contributed by atoms with Crippen LogP contribution in [0.2, 0.25) is 0 Å². The van der Waals surface area contributed by atoms with Crippen molar-refractivity contribution in [1.29, 1.82) is 0 Å². The van der Waals surface area contributed by atoms with E-state index in [4.69, 9.17) is 0 Å². The molecule has 2 fully saturated rings. The van der Waals surface area contributed by atoms with Gasteiger partial charge >= 0.3 is 0 Å². The van der Waals surface area contributed by atoms with Crippen LogP contribution in [-0.4, -0.2) is 36.1 Å². The summed E-state index contributed by atoms with van der Waals surface area (Å²) in [6.45, 7) is 13.0. The summed E-state index contributed by atoms with van der Waals surface area (Å²) in [7, 11) is 0. The molecular formula is C13H26N2. The molecule has 0 bridgehead atoms. The summed E-state index contributed by atoms with van der Waals surface area (Å²) < 4.78 is 0. The number of rotatable bonds is 3. The van der Waals surface area contributed by atoms with Gasteiger partial charge in [0.05, 0.1) is 0 Å². The third-order valence-corrected chi connectivity index (χ3v) is 4.37. The molecule has 88 valence electrons. The lowest BCUT2D eigenvalue weighted by Crippen LogP contribution is -2.64. The van der Waals surface area contributed by atoms with E-state index in [1.165, 1.54) is 32.5 Å². The fraction of sp³-hybridized carbons (Fsp3) is 1.00. The molecule has 0 radical (unpaired) electrons. The lowest BCUT2D eigenvalue weighted by atomic mass is 9.88. The second-order valence-electron chi connectivity index (χ2n) is 5.95. The minimum Gasteiger partial charge on any atom is -0.308 e. The molecule has 0 aromatic heterocycles. The second kappa shape index (κ2) is 4.06. The SMILES string of the molecule is CCN1CC(C)(C2CC2)NCC1C(C)C. The number of nitrogens with one attached hydrogen (secondary N) is 1. The number of nitrogens with zero attached hydrogens (tertiary/aromatic N) is 1. The van der Waals surface area contributed by atoms with E-state index in [-0.39, 0.29) is 0 Å². The third-order valence-electron chi connectivity index (χ3n) is 4.37. The molecule has 2 nitrogen and oxygen atoms in total. The molecule has 15 heavy (non-hydrogen) atoms. The Morgan fingerprint density at radius 2 is 2.07 bits per heavy atom. The minimum absolute atomic E-state index is 0.404. The van der Waals surface area contributed by atoms with Gasteiger partial charge in [-0.15, -0.1) is 0 Å². The average Bonchev–Trinajstić information content (AvgIpc) is 3.00. The summed E-state index contributed by atoms with van der Waals surface area (Å²) in [6, 6.07) is 0.738. The maximum absolute atomic E-state index is 3.81. The van der Waals surface area contributed by atoms with Gasteiger partial charge in [0.2, 0.25) is 0 Å². The van der Waals surface area contributed by atoms with Crippen molar-refractivity contribution in [3.8, 4) is 0 Å². The molecule has 2 heteroatoms. The molecule has 0 spiro atoms. The molecule has 0 aromatic carbocycles. The number of likely N-dealkylation sites (N-methyl/N-ethyl adjacent to an activating group) is 1. The van der Waals surface area contributed by atoms with E-state index in [9.17, 15) is 0 Å². The van der Waals surface area contributed by atoms with Crippen molar-refractivity contribution in [2.24, 2.45) is 11.8 Å². The van der Waals surface area contributed by atoms with Gasteiger partial charge in [0.15, 0.2) is 0 Å². The average molecular weight is 210 g/mol. The van der Waals surface area contributed by atoms with Crippen LogP contribution < -0.4 is 5.32 Å². The highest BCUT2D eigenvalue weighted by atomic mass is 15.3. The number of hydrogen-bond donors (Lipinski definition) is 1. The summed E-state index contributed by atoms with van der Waals surface area (Å²) >= 11 is 0. The van der Waals surface area contributed by atoms with Crippen LogP contribution >= 0.6 is 0 Å². The van der Waals surface area contributed by atoms with Gasteiger partial charge in [0, 0.05) is 24.7 Å². The van der Waals surface area contributed by atoms with Gasteiger partial charge in [-0.05, 0) is 38.1 Å². The zero-order valence-electron chi connectivity index (χ0n) is 10.7. The molecule has 1 aliphatic heterocycles. The maximum Gasteiger partial charge on any atom is 0.0309 e. The molecule has 0 aromatic rings. The van der Waals surface area contributed by atoms with Gasteiger partial charge in [-0.1, -0.05) is 20.8 Å². The van der Waals surface area contributed by atoms with E-state index in [1.807, 2.05) is 0 Å². The monoisotopic (exact) mass is 210 g/mol. The standard InChI is InChI=1S/C13H26N2/c1-5-15-9-13(4,11-6-7-11)14-8-12(15)10(2)3/h10-12,14H,5-9H2,1-4H3. The highest BCUT2D eigenvalue weighted by molar-refractivity contribution is 5.04. The molecule has 1 heterocycles. The Balaban J connectivity index is 2.02. The highest BCUT2D eigenvalue weighted by Gasteiger charge is 2.45. The largest absolute Gasteiger partial charge is 0.308 e. The van der Waals surface area contributed by atoms with Crippen LogP contribution in [0.4, 0.5) is 0 Å². The first kappa shape index (κ1) is 11.4. The van der Waals surface area contributed by atoms with Crippen molar-refractivity contribution in [3.05, 3.63) is 0 Å². The quantitative estimate of drug-likeness (QED) is 0.767. The van der Waals surface area contributed by atoms with E-state index in [0.717, 1.165) is 17.9 Å². The maximum atomic E-state index is 3.81. The zero-order chi connectivity index (χ0) is 11.1. The van der Waals surface area contributed by atoms with Gasteiger partial charge in [0.1, 0.15) is 0 Å². The molecule has 1 saturated heterocycles. The Labute approximate surface area is 94.4 Å². The normalized spacial score (nSPS) is 38.6. The van der Waals surface area contributed by atoms with Gasteiger partial charge in [-0.3, -0.25) is 4.90 Å². The summed E-state index contributed by atoms with van der Waals surface area (Å²) in [5.41, 5.74) is 0.404. The van der Waals surface area contributed by atoms with E-state index in [0.29, 0.717) is 5.54 Å². The Morgan fingerprint density at radius 3 is 2.53 bits per heavy atom. The van der Waals surface area contributed by atoms with Crippen LogP contribution in [0.5, 0.6) is 0 Å². The smallest absolute Gasteiger partial charge is 0.0309 e. The third kappa shape index (κ3) is 2.21. The van der Waals surface area contributed by atoms with Gasteiger partial charge in [0.25, 0.3) is 0 Å². The Morgan fingerprint density at radius 1 is 1.40 bits per heavy atom. The lowest BCUT2D eigenvalue weighted by Gasteiger charge is -2.47. The van der Waals surface area contributed by atoms with Gasteiger partial charge < -0.3 is 5.32 Å². The van der Waals surface area contributed by atoms with Crippen molar-refractivity contribution in [3.63, 3.8) is 0 Å². The first-order chi connectivity index (χ1) is 7.07. The van der Waals surface area contributed by atoms with E-state index in [2.05, 4.69) is 37.9 Å². The fourth-order valence-corrected chi connectivity index (χ4v) is 3.06. The molecule has 2 atom stereocenters. The van der Waals surface area contributed by atoms with Crippen LogP contribution in [0, 0.1) is 11.8 Å². The zero-order valence-corrected chi connectivity index (χ0v) is 10.7. The summed E-state index contributed by atoms with van der Waals surface area (Å²) in [6.07, 6.45) is 2.88. The van der Waals surface area contributed by atoms with Gasteiger partial charge in [-0.2, -0.15) is 0 Å². The number of hydrogen-bond acceptors (Lipinski definition) is 2. The van der Waals surface area contributed by atoms with E-state index >= 15 is 0 Å². The van der Waals surface area contributed by atoms with Crippen LogP contribution in [0.3, 0.4) is 0 Å². The van der Waals surface area contributed by atoms with Crippen molar-refractivity contribution in [2.75, 3.05) is 19.6 Å². The molecule has 1 aliphatic carbocycles. The Kier molecular flexibility index (Phi) is 3.09. The minimum atomic E-state index is 0.404. The predicted molar refractivity (Wildman–Crippen MR) is 65.0 cm³/mol. The first-order valence-corrected chi connectivity index (χ1v) is 6.56. The highest BCUT2D eigenvalue weighted by Crippen LogP contribution is 2.41. The molecule has 1 saturated carbocycles. The molecular weight excluding hydrogens is 184 g/mol. The van der Waals surface area contributed by atoms with Crippen LogP contribution in [-0.2, 0) is 0 Å². The Bertz CT molecular complexity index is 223. The van der Waals surface area contributed by atoms with Crippen molar-refractivity contribution >= 4 is 0 Å². The van der Waals surface area contributed by atoms with Crippen LogP contribution in [0.1, 0.15) is 40.5 Å². The van der Waals surface area contributed by atoms with Crippen molar-refractivity contribution < 1.29 is 0 Å². The lowest BCUT2D eigenvalue weighted by molar-refractivity contribution is 0.0570. The molecule has 1 N–H and O–H groups in total. The van der Waals surface area contributed by atoms with Crippen LogP contribution in [0.25, 0.3) is 0 Å². The van der Waals surface area contributed by atoms with E-state index in [1.54, 1.807) is 0 Å². The number of piperazine rings is 1. The molecule has 2 unspecified atom stereocenters. The molecule has 2 rings (SSSR count). The molecule has 0 amide bonds. The predicted octanol–water partition coefficient (Wildman–Crippen LogP) is 2.10. The summed E-state index contributed by atoms with van der Waals surface area (Å²) in [5, 5.41) is 3.81.